The fourth-order valence-electron chi connectivity index (χ4n) is 5.08. The van der Waals surface area contributed by atoms with Crippen molar-refractivity contribution in [3.63, 3.8) is 0 Å². The van der Waals surface area contributed by atoms with Crippen LogP contribution in [0.15, 0.2) is 0 Å². The number of likely N-dealkylation sites (tertiary alicyclic amines) is 1. The van der Waals surface area contributed by atoms with Crippen molar-refractivity contribution < 1.29 is 14.2 Å². The lowest BCUT2D eigenvalue weighted by Crippen LogP contribution is -2.47. The summed E-state index contributed by atoms with van der Waals surface area (Å²) in [6.07, 6.45) is 5.42. The minimum absolute atomic E-state index is 0.591. The molecule has 5 saturated heterocycles. The normalized spacial score (nSPS) is 34.1. The molecule has 9 heteroatoms. The van der Waals surface area contributed by atoms with E-state index < -0.39 is 0 Å². The molecule has 9 nitrogen and oxygen atoms in total. The summed E-state index contributed by atoms with van der Waals surface area (Å²) < 4.78 is 15.8. The third-order valence-electron chi connectivity index (χ3n) is 9.80. The van der Waals surface area contributed by atoms with Crippen molar-refractivity contribution in [2.24, 2.45) is 0 Å². The first-order chi connectivity index (χ1) is 19.9. The van der Waals surface area contributed by atoms with Crippen molar-refractivity contribution in [3.8, 4) is 0 Å². The first-order valence-electron chi connectivity index (χ1n) is 16.9. The molecule has 0 bridgehead atoms. The molecular formula is C33H72N6O3. The molecule has 1 N–H and O–H groups in total. The molecule has 0 amide bonds. The summed E-state index contributed by atoms with van der Waals surface area (Å²) in [6.45, 7) is 25.7. The van der Waals surface area contributed by atoms with Crippen LogP contribution in [0.2, 0.25) is 0 Å². The van der Waals surface area contributed by atoms with Gasteiger partial charge in [-0.25, -0.2) is 0 Å². The molecule has 0 aromatic heterocycles. The van der Waals surface area contributed by atoms with Crippen LogP contribution >= 0.6 is 0 Å². The highest BCUT2D eigenvalue weighted by Gasteiger charge is 2.20. The number of hydrogen-bond donors (Lipinski definition) is 1. The number of hydrogen-bond acceptors (Lipinski definition) is 9. The maximum absolute atomic E-state index is 5.32. The summed E-state index contributed by atoms with van der Waals surface area (Å²) in [7, 11) is 10.8. The van der Waals surface area contributed by atoms with E-state index in [1.54, 1.807) is 0 Å². The topological polar surface area (TPSA) is 55.9 Å². The molecule has 0 radical (unpaired) electrons. The summed E-state index contributed by atoms with van der Waals surface area (Å²) in [6, 6.07) is 4.06. The van der Waals surface area contributed by atoms with Crippen molar-refractivity contribution in [2.75, 3.05) is 114 Å². The van der Waals surface area contributed by atoms with Gasteiger partial charge in [0.1, 0.15) is 0 Å². The zero-order valence-corrected chi connectivity index (χ0v) is 29.7. The lowest BCUT2D eigenvalue weighted by molar-refractivity contribution is -0.0227. The molecule has 0 saturated carbocycles. The van der Waals surface area contributed by atoms with E-state index in [0.29, 0.717) is 24.2 Å². The van der Waals surface area contributed by atoms with E-state index in [0.717, 1.165) is 77.9 Å². The van der Waals surface area contributed by atoms with E-state index in [2.05, 4.69) is 107 Å². The van der Waals surface area contributed by atoms with Crippen LogP contribution in [0.25, 0.3) is 0 Å². The quantitative estimate of drug-likeness (QED) is 0.452. The molecule has 5 aliphatic heterocycles. The molecule has 1 unspecified atom stereocenters. The van der Waals surface area contributed by atoms with Gasteiger partial charge in [0.25, 0.3) is 0 Å². The Bertz CT molecular complexity index is 549. The maximum atomic E-state index is 5.32. The maximum Gasteiger partial charge on any atom is 0.0619 e. The lowest BCUT2D eigenvalue weighted by atomic mass is 10.1. The fraction of sp³-hybridized carbons (Fsp3) is 1.00. The highest BCUT2D eigenvalue weighted by Crippen LogP contribution is 2.13. The van der Waals surface area contributed by atoms with Gasteiger partial charge in [-0.1, -0.05) is 6.42 Å². The van der Waals surface area contributed by atoms with E-state index >= 15 is 0 Å². The van der Waals surface area contributed by atoms with Crippen LogP contribution in [0.3, 0.4) is 0 Å². The molecule has 0 spiro atoms. The van der Waals surface area contributed by atoms with Gasteiger partial charge in [-0.15, -0.1) is 0 Å². The Kier molecular flexibility index (Phi) is 21.8. The predicted molar refractivity (Wildman–Crippen MR) is 179 cm³/mol. The van der Waals surface area contributed by atoms with E-state index in [-0.39, 0.29) is 0 Å². The Balaban J connectivity index is 0.000000263. The second-order valence-corrected chi connectivity index (χ2v) is 13.4. The average Bonchev–Trinajstić information content (AvgIpc) is 3.16. The molecule has 5 fully saturated rings. The zero-order valence-electron chi connectivity index (χ0n) is 29.7. The number of rotatable bonds is 0. The van der Waals surface area contributed by atoms with Crippen LogP contribution in [-0.2, 0) is 14.2 Å². The zero-order chi connectivity index (χ0) is 31.5. The van der Waals surface area contributed by atoms with Crippen LogP contribution in [0.1, 0.15) is 67.2 Å². The summed E-state index contributed by atoms with van der Waals surface area (Å²) in [5.74, 6) is 0. The van der Waals surface area contributed by atoms with Crippen LogP contribution in [0.5, 0.6) is 0 Å². The predicted octanol–water partition coefficient (Wildman–Crippen LogP) is 3.19. The number of piperidine rings is 1. The second kappa shape index (κ2) is 23.0. The number of likely N-dealkylation sites (N-methyl/N-ethyl adjacent to an activating group) is 4. The monoisotopic (exact) mass is 601 g/mol. The van der Waals surface area contributed by atoms with Gasteiger partial charge in [-0.05, 0) is 103 Å². The SMILES string of the molecule is CC1COC[C@H](C)N1C.C[C@H]1CCCCN1C.C[C@H]1CCOCCN1C.C[C@H]1CNCCN1C.C[C@H]1COCCN1C. The Hall–Kier alpha value is -0.360. The van der Waals surface area contributed by atoms with E-state index in [4.69, 9.17) is 14.2 Å². The number of nitrogens with one attached hydrogen (secondary N) is 1. The molecule has 5 aliphatic rings. The molecule has 0 aromatic rings. The minimum Gasteiger partial charge on any atom is -0.380 e. The molecule has 252 valence electrons. The molecule has 0 aromatic carbocycles. The molecule has 5 heterocycles. The fourth-order valence-corrected chi connectivity index (χ4v) is 5.08. The molecule has 5 rings (SSSR count). The first kappa shape index (κ1) is 39.7. The van der Waals surface area contributed by atoms with Crippen LogP contribution < -0.4 is 5.32 Å². The van der Waals surface area contributed by atoms with Gasteiger partial charge in [0.15, 0.2) is 0 Å². The third kappa shape index (κ3) is 17.2. The van der Waals surface area contributed by atoms with Gasteiger partial charge >= 0.3 is 0 Å². The van der Waals surface area contributed by atoms with Crippen molar-refractivity contribution in [1.82, 2.24) is 29.8 Å². The van der Waals surface area contributed by atoms with E-state index in [1.807, 2.05) is 0 Å². The largest absolute Gasteiger partial charge is 0.380 e. The van der Waals surface area contributed by atoms with Crippen LogP contribution in [-0.4, -0.2) is 175 Å². The summed E-state index contributed by atoms with van der Waals surface area (Å²) >= 11 is 0. The molecule has 6 atom stereocenters. The molecule has 42 heavy (non-hydrogen) atoms. The standard InChI is InChI=1S/2C7H15NO.C7H15N.C6H14N2.C6H13NO/c1-6-4-9-5-7(2)8(6)3;1-7-3-5-9-6-4-8(7)2;1-7-5-3-4-6-8(7)2;1-6-5-7-3-4-8(6)2;1-6-5-8-4-3-7(6)2/h6-7H,4-5H2,1-3H3;7H,3-6H2,1-2H3;7H,3-6H2,1-2H3;6-7H,3-5H2,1-2H3;6H,3-5H2,1-2H3/t6-,7?;2*7-;2*6-/m00000/s1. The first-order valence-corrected chi connectivity index (χ1v) is 16.9. The van der Waals surface area contributed by atoms with Crippen molar-refractivity contribution in [1.29, 1.82) is 0 Å². The van der Waals surface area contributed by atoms with Gasteiger partial charge in [-0.3, -0.25) is 9.80 Å². The Morgan fingerprint density at radius 3 is 1.43 bits per heavy atom. The van der Waals surface area contributed by atoms with Gasteiger partial charge in [0, 0.05) is 75.6 Å². The van der Waals surface area contributed by atoms with Crippen molar-refractivity contribution in [2.45, 2.75) is 103 Å². The van der Waals surface area contributed by atoms with Crippen LogP contribution in [0, 0.1) is 0 Å². The van der Waals surface area contributed by atoms with Gasteiger partial charge in [0.05, 0.1) is 33.0 Å². The third-order valence-corrected chi connectivity index (χ3v) is 9.80. The van der Waals surface area contributed by atoms with Gasteiger partial charge in [-0.2, -0.15) is 0 Å². The van der Waals surface area contributed by atoms with Gasteiger partial charge < -0.3 is 34.2 Å². The van der Waals surface area contributed by atoms with E-state index in [1.165, 1.54) is 38.8 Å². The highest BCUT2D eigenvalue weighted by atomic mass is 16.5. The van der Waals surface area contributed by atoms with Gasteiger partial charge in [0.2, 0.25) is 0 Å². The van der Waals surface area contributed by atoms with E-state index in [9.17, 15) is 0 Å². The average molecular weight is 601 g/mol. The number of morpholine rings is 2. The van der Waals surface area contributed by atoms with Crippen molar-refractivity contribution in [3.05, 3.63) is 0 Å². The smallest absolute Gasteiger partial charge is 0.0619 e. The van der Waals surface area contributed by atoms with Crippen molar-refractivity contribution >= 4 is 0 Å². The number of nitrogens with zero attached hydrogens (tertiary/aromatic N) is 5. The summed E-state index contributed by atoms with van der Waals surface area (Å²) in [4.78, 5) is 11.8. The Morgan fingerprint density at radius 2 is 1.00 bits per heavy atom. The Labute approximate surface area is 261 Å². The second-order valence-electron chi connectivity index (χ2n) is 13.4. The highest BCUT2D eigenvalue weighted by molar-refractivity contribution is 4.74. The van der Waals surface area contributed by atoms with Crippen LogP contribution in [0.4, 0.5) is 0 Å². The lowest BCUT2D eigenvalue weighted by Gasteiger charge is -2.35. The molecule has 0 aliphatic carbocycles. The number of piperazine rings is 1. The Morgan fingerprint density at radius 1 is 0.476 bits per heavy atom. The summed E-state index contributed by atoms with van der Waals surface area (Å²) in [5.41, 5.74) is 0. The molecular weight excluding hydrogens is 528 g/mol. The number of ether oxygens (including phenoxy) is 3. The summed E-state index contributed by atoms with van der Waals surface area (Å²) in [5, 5.41) is 3.32. The minimum atomic E-state index is 0.591.